The first-order valence-corrected chi connectivity index (χ1v) is 8.48. The maximum atomic E-state index is 11.5. The van der Waals surface area contributed by atoms with E-state index in [-0.39, 0.29) is 11.8 Å². The van der Waals surface area contributed by atoms with Crippen molar-refractivity contribution in [1.82, 2.24) is 10.3 Å². The second-order valence-corrected chi connectivity index (χ2v) is 6.00. The number of aromatic nitrogens is 1. The summed E-state index contributed by atoms with van der Waals surface area (Å²) in [6.45, 7) is 0. The molecule has 0 aliphatic carbocycles. The molecule has 0 atom stereocenters. The van der Waals surface area contributed by atoms with Crippen molar-refractivity contribution in [2.45, 2.75) is 0 Å². The summed E-state index contributed by atoms with van der Waals surface area (Å²) >= 11 is 1.31. The van der Waals surface area contributed by atoms with Crippen LogP contribution in [0.15, 0.2) is 52.8 Å². The Morgan fingerprint density at radius 1 is 1.31 bits per heavy atom. The van der Waals surface area contributed by atoms with Gasteiger partial charge in [-0.2, -0.15) is 5.10 Å². The molecule has 0 saturated carbocycles. The monoisotopic (exact) mass is 370 g/mol. The molecule has 1 aliphatic heterocycles. The van der Waals surface area contributed by atoms with Crippen molar-refractivity contribution < 1.29 is 19.1 Å². The summed E-state index contributed by atoms with van der Waals surface area (Å²) in [6, 6.07) is 10.1. The van der Waals surface area contributed by atoms with Crippen LogP contribution in [-0.4, -0.2) is 41.1 Å². The predicted molar refractivity (Wildman–Crippen MR) is 97.7 cm³/mol. The highest BCUT2D eigenvalue weighted by Gasteiger charge is 2.15. The number of ether oxygens (including phenoxy) is 2. The van der Waals surface area contributed by atoms with Gasteiger partial charge in [0.1, 0.15) is 5.75 Å². The molecule has 2 heterocycles. The van der Waals surface area contributed by atoms with Crippen LogP contribution in [-0.2, 0) is 9.53 Å². The Morgan fingerprint density at radius 3 is 2.81 bits per heavy atom. The smallest absolute Gasteiger partial charge is 0.338 e. The van der Waals surface area contributed by atoms with Gasteiger partial charge >= 0.3 is 5.97 Å². The fourth-order valence-corrected chi connectivity index (χ4v) is 2.61. The van der Waals surface area contributed by atoms with Gasteiger partial charge in [-0.15, -0.1) is 5.10 Å². The van der Waals surface area contributed by atoms with E-state index >= 15 is 0 Å². The first-order valence-electron chi connectivity index (χ1n) is 7.50. The summed E-state index contributed by atoms with van der Waals surface area (Å²) in [6.07, 6.45) is 3.04. The maximum Gasteiger partial charge on any atom is 0.338 e. The zero-order valence-corrected chi connectivity index (χ0v) is 14.5. The average Bonchev–Trinajstić information content (AvgIpc) is 3.08. The molecule has 0 radical (unpaired) electrons. The molecule has 0 bridgehead atoms. The van der Waals surface area contributed by atoms with E-state index < -0.39 is 5.97 Å². The predicted octanol–water partition coefficient (Wildman–Crippen LogP) is 2.21. The molecular formula is C17H14N4O4S. The highest BCUT2D eigenvalue weighted by Crippen LogP contribution is 2.20. The van der Waals surface area contributed by atoms with Gasteiger partial charge in [-0.3, -0.25) is 4.79 Å². The summed E-state index contributed by atoms with van der Waals surface area (Å²) in [5, 5.41) is 10.9. The number of esters is 1. The molecule has 0 spiro atoms. The normalized spacial score (nSPS) is 15.3. The number of rotatable bonds is 5. The van der Waals surface area contributed by atoms with E-state index in [9.17, 15) is 9.59 Å². The van der Waals surface area contributed by atoms with E-state index in [0.29, 0.717) is 22.2 Å². The zero-order valence-electron chi connectivity index (χ0n) is 13.7. The first-order chi connectivity index (χ1) is 12.6. The lowest BCUT2D eigenvalue weighted by Gasteiger charge is -2.06. The Kier molecular flexibility index (Phi) is 5.59. The molecular weight excluding hydrogens is 356 g/mol. The van der Waals surface area contributed by atoms with Crippen LogP contribution in [0.5, 0.6) is 11.6 Å². The number of carbonyl (C=O) groups is 2. The molecule has 0 unspecified atom stereocenters. The van der Waals surface area contributed by atoms with Crippen molar-refractivity contribution >= 4 is 35.0 Å². The van der Waals surface area contributed by atoms with Crippen molar-refractivity contribution in [2.24, 2.45) is 10.2 Å². The second kappa shape index (κ2) is 8.26. The van der Waals surface area contributed by atoms with Gasteiger partial charge < -0.3 is 14.8 Å². The lowest BCUT2D eigenvalue weighted by molar-refractivity contribution is -0.116. The van der Waals surface area contributed by atoms with Crippen molar-refractivity contribution in [1.29, 1.82) is 0 Å². The Morgan fingerprint density at radius 2 is 2.12 bits per heavy atom. The molecule has 1 aliphatic rings. The molecule has 8 nitrogen and oxygen atoms in total. The summed E-state index contributed by atoms with van der Waals surface area (Å²) in [5.41, 5.74) is 1.17. The number of hydrogen-bond acceptors (Lipinski definition) is 8. The molecule has 2 aromatic rings. The van der Waals surface area contributed by atoms with Crippen LogP contribution in [0.25, 0.3) is 0 Å². The molecule has 1 aromatic carbocycles. The molecule has 1 saturated heterocycles. The SMILES string of the molecule is COC(=O)c1ccnc(Oc2ccc(C=NN=C3NC(=O)CS3)cc2)c1. The minimum absolute atomic E-state index is 0.0738. The molecule has 132 valence electrons. The van der Waals surface area contributed by atoms with E-state index in [1.165, 1.54) is 31.1 Å². The third-order valence-corrected chi connectivity index (χ3v) is 4.06. The van der Waals surface area contributed by atoms with Gasteiger partial charge in [0, 0.05) is 12.3 Å². The number of amidine groups is 1. The van der Waals surface area contributed by atoms with E-state index in [4.69, 9.17) is 4.74 Å². The number of nitrogens with one attached hydrogen (secondary N) is 1. The Bertz CT molecular complexity index is 881. The van der Waals surface area contributed by atoms with Crippen LogP contribution in [0.4, 0.5) is 0 Å². The lowest BCUT2D eigenvalue weighted by Crippen LogP contribution is -2.19. The maximum absolute atomic E-state index is 11.5. The quantitative estimate of drug-likeness (QED) is 0.492. The molecule has 3 rings (SSSR count). The average molecular weight is 370 g/mol. The van der Waals surface area contributed by atoms with E-state index in [1.54, 1.807) is 36.5 Å². The van der Waals surface area contributed by atoms with Crippen molar-refractivity contribution in [3.63, 3.8) is 0 Å². The van der Waals surface area contributed by atoms with Crippen molar-refractivity contribution in [3.05, 3.63) is 53.7 Å². The molecule has 26 heavy (non-hydrogen) atoms. The highest BCUT2D eigenvalue weighted by molar-refractivity contribution is 8.15. The van der Waals surface area contributed by atoms with Crippen molar-refractivity contribution in [3.8, 4) is 11.6 Å². The number of carbonyl (C=O) groups excluding carboxylic acids is 2. The Labute approximate surface area is 153 Å². The third-order valence-electron chi connectivity index (χ3n) is 3.20. The number of methoxy groups -OCH3 is 1. The largest absolute Gasteiger partial charge is 0.465 e. The highest BCUT2D eigenvalue weighted by atomic mass is 32.2. The molecule has 1 amide bonds. The van der Waals surface area contributed by atoms with E-state index in [1.807, 2.05) is 0 Å². The van der Waals surface area contributed by atoms with E-state index in [0.717, 1.165) is 5.56 Å². The minimum atomic E-state index is -0.456. The molecule has 9 heteroatoms. The standard InChI is InChI=1S/C17H14N4O4S/c1-24-16(23)12-6-7-18-15(8-12)25-13-4-2-11(3-5-13)9-19-21-17-20-14(22)10-26-17/h2-9H,10H2,1H3,(H,20,21,22). The van der Waals surface area contributed by atoms with Gasteiger partial charge in [-0.05, 0) is 35.9 Å². The summed E-state index contributed by atoms with van der Waals surface area (Å²) in [7, 11) is 1.31. The van der Waals surface area contributed by atoms with E-state index in [2.05, 4.69) is 25.2 Å². The van der Waals surface area contributed by atoms with Crippen LogP contribution in [0.2, 0.25) is 0 Å². The fourth-order valence-electron chi connectivity index (χ4n) is 1.98. The number of amides is 1. The zero-order chi connectivity index (χ0) is 18.4. The Hall–Kier alpha value is -3.20. The summed E-state index contributed by atoms with van der Waals surface area (Å²) in [5.74, 6) is 0.680. The van der Waals surface area contributed by atoms with Crippen LogP contribution >= 0.6 is 11.8 Å². The second-order valence-electron chi connectivity index (χ2n) is 5.03. The van der Waals surface area contributed by atoms with Gasteiger partial charge in [0.05, 0.1) is 24.6 Å². The summed E-state index contributed by atoms with van der Waals surface area (Å²) < 4.78 is 10.3. The van der Waals surface area contributed by atoms with Crippen molar-refractivity contribution in [2.75, 3.05) is 12.9 Å². The topological polar surface area (TPSA) is 102 Å². The summed E-state index contributed by atoms with van der Waals surface area (Å²) in [4.78, 5) is 26.6. The lowest BCUT2D eigenvalue weighted by atomic mass is 10.2. The van der Waals surface area contributed by atoms with Crippen LogP contribution in [0.1, 0.15) is 15.9 Å². The molecule has 1 fully saturated rings. The molecule has 1 aromatic heterocycles. The number of hydrogen-bond donors (Lipinski definition) is 1. The van der Waals surface area contributed by atoms with Gasteiger partial charge in [0.25, 0.3) is 0 Å². The van der Waals surface area contributed by atoms with Gasteiger partial charge in [0.2, 0.25) is 11.8 Å². The van der Waals surface area contributed by atoms with Gasteiger partial charge in [-0.1, -0.05) is 11.8 Å². The van der Waals surface area contributed by atoms with Gasteiger partial charge in [0.15, 0.2) is 5.17 Å². The number of thioether (sulfide) groups is 1. The number of pyridine rings is 1. The number of benzene rings is 1. The van der Waals surface area contributed by atoms with Crippen LogP contribution < -0.4 is 10.1 Å². The Balaban J connectivity index is 1.63. The third kappa shape index (κ3) is 4.67. The molecule has 1 N–H and O–H groups in total. The van der Waals surface area contributed by atoms with Crippen LogP contribution in [0, 0.1) is 0 Å². The van der Waals surface area contributed by atoms with Crippen LogP contribution in [0.3, 0.4) is 0 Å². The number of nitrogens with zero attached hydrogens (tertiary/aromatic N) is 3. The minimum Gasteiger partial charge on any atom is -0.465 e. The van der Waals surface area contributed by atoms with Gasteiger partial charge in [-0.25, -0.2) is 9.78 Å². The fraction of sp³-hybridized carbons (Fsp3) is 0.118. The first kappa shape index (κ1) is 17.6.